The molecule has 0 aliphatic carbocycles. The van der Waals surface area contributed by atoms with E-state index in [4.69, 9.17) is 26.3 Å². The topological polar surface area (TPSA) is 85.2 Å². The second kappa shape index (κ2) is 9.54. The zero-order chi connectivity index (χ0) is 11.6. The van der Waals surface area contributed by atoms with Crippen LogP contribution in [0.4, 0.5) is 0 Å². The number of aliphatic hydroxyl groups excluding tert-OH is 1. The number of hydrogen-bond donors (Lipinski definition) is 2. The Balaban J connectivity index is 3.43. The molecule has 0 fully saturated rings. The average Bonchev–Trinajstić information content (AvgIpc) is 2.17. The quantitative estimate of drug-likeness (QED) is 0.343. The van der Waals surface area contributed by atoms with Gasteiger partial charge in [0.1, 0.15) is 0 Å². The molecule has 1 unspecified atom stereocenters. The number of aliphatic hydroxyl groups is 1. The van der Waals surface area contributed by atoms with Gasteiger partial charge in [-0.15, -0.1) is 11.6 Å². The fourth-order valence-electron chi connectivity index (χ4n) is 0.650. The van der Waals surface area contributed by atoms with E-state index in [1.54, 1.807) is 0 Å². The van der Waals surface area contributed by atoms with Gasteiger partial charge in [0.25, 0.3) is 0 Å². The van der Waals surface area contributed by atoms with Crippen LogP contribution in [0.3, 0.4) is 0 Å². The van der Waals surface area contributed by atoms with Crippen molar-refractivity contribution in [2.45, 2.75) is 6.42 Å². The third kappa shape index (κ3) is 10.6. The van der Waals surface area contributed by atoms with E-state index < -0.39 is 7.82 Å². The second-order valence-corrected chi connectivity index (χ2v) is 4.34. The smallest absolute Gasteiger partial charge is 0.394 e. The Morgan fingerprint density at radius 1 is 1.13 bits per heavy atom. The third-order valence-electron chi connectivity index (χ3n) is 1.25. The number of alkyl halides is 1. The van der Waals surface area contributed by atoms with E-state index in [0.717, 1.165) is 0 Å². The minimum atomic E-state index is -3.97. The molecule has 92 valence electrons. The molecule has 0 saturated heterocycles. The Morgan fingerprint density at radius 2 is 1.80 bits per heavy atom. The van der Waals surface area contributed by atoms with Gasteiger partial charge in [-0.2, -0.15) is 0 Å². The number of phosphoric acid groups is 1. The van der Waals surface area contributed by atoms with Crippen molar-refractivity contribution >= 4 is 19.4 Å². The zero-order valence-corrected chi connectivity index (χ0v) is 9.95. The summed E-state index contributed by atoms with van der Waals surface area (Å²) in [7, 11) is -3.97. The van der Waals surface area contributed by atoms with Gasteiger partial charge in [-0.05, 0) is 6.42 Å². The lowest BCUT2D eigenvalue weighted by atomic mass is 10.5. The first-order chi connectivity index (χ1) is 7.12. The molecule has 0 amide bonds. The van der Waals surface area contributed by atoms with Crippen LogP contribution in [-0.2, 0) is 18.3 Å². The fraction of sp³-hybridized carbons (Fsp3) is 1.00. The molecule has 0 aliphatic heterocycles. The number of halogens is 1. The average molecular weight is 263 g/mol. The van der Waals surface area contributed by atoms with Gasteiger partial charge in [-0.1, -0.05) is 0 Å². The fourth-order valence-corrected chi connectivity index (χ4v) is 1.50. The van der Waals surface area contributed by atoms with Crippen LogP contribution in [0.25, 0.3) is 0 Å². The second-order valence-electron chi connectivity index (χ2n) is 2.51. The SMILES string of the molecule is O=P(O)(OCCCCl)OCCOCCO. The van der Waals surface area contributed by atoms with Crippen LogP contribution in [0.5, 0.6) is 0 Å². The van der Waals surface area contributed by atoms with Gasteiger partial charge in [-0.3, -0.25) is 9.05 Å². The summed E-state index contributed by atoms with van der Waals surface area (Å²) in [5.74, 6) is 0.361. The van der Waals surface area contributed by atoms with Crippen molar-refractivity contribution in [3.63, 3.8) is 0 Å². The van der Waals surface area contributed by atoms with Crippen molar-refractivity contribution in [3.8, 4) is 0 Å². The zero-order valence-electron chi connectivity index (χ0n) is 8.30. The summed E-state index contributed by atoms with van der Waals surface area (Å²) >= 11 is 5.36. The van der Waals surface area contributed by atoms with Crippen LogP contribution in [0.2, 0.25) is 0 Å². The predicted octanol–water partition coefficient (Wildman–Crippen LogP) is 0.758. The molecule has 0 aromatic rings. The summed E-state index contributed by atoms with van der Waals surface area (Å²) < 4.78 is 25.0. The molecule has 0 saturated carbocycles. The maximum Gasteiger partial charge on any atom is 0.472 e. The maximum atomic E-state index is 11.1. The summed E-state index contributed by atoms with van der Waals surface area (Å²) in [5, 5.41) is 8.36. The van der Waals surface area contributed by atoms with Crippen LogP contribution < -0.4 is 0 Å². The van der Waals surface area contributed by atoms with Gasteiger partial charge in [0.05, 0.1) is 33.0 Å². The molecule has 1 atom stereocenters. The van der Waals surface area contributed by atoms with Crippen LogP contribution in [0, 0.1) is 0 Å². The Kier molecular flexibility index (Phi) is 9.74. The highest BCUT2D eigenvalue weighted by Crippen LogP contribution is 2.42. The van der Waals surface area contributed by atoms with E-state index in [0.29, 0.717) is 12.3 Å². The van der Waals surface area contributed by atoms with Crippen molar-refractivity contribution < 1.29 is 28.3 Å². The largest absolute Gasteiger partial charge is 0.472 e. The molecule has 0 radical (unpaired) electrons. The molecule has 0 aromatic carbocycles. The van der Waals surface area contributed by atoms with Crippen molar-refractivity contribution in [3.05, 3.63) is 0 Å². The summed E-state index contributed by atoms with van der Waals surface area (Å²) in [6.07, 6.45) is 0.483. The first-order valence-corrected chi connectivity index (χ1v) is 6.52. The lowest BCUT2D eigenvalue weighted by molar-refractivity contribution is 0.0568. The van der Waals surface area contributed by atoms with Crippen molar-refractivity contribution in [2.75, 3.05) is 38.9 Å². The molecule has 6 nitrogen and oxygen atoms in total. The summed E-state index contributed by atoms with van der Waals surface area (Å²) in [4.78, 5) is 9.06. The first-order valence-electron chi connectivity index (χ1n) is 4.49. The van der Waals surface area contributed by atoms with E-state index in [1.807, 2.05) is 0 Å². The molecule has 15 heavy (non-hydrogen) atoms. The van der Waals surface area contributed by atoms with Gasteiger partial charge < -0.3 is 14.7 Å². The molecule has 0 bridgehead atoms. The molecule has 0 aromatic heterocycles. The third-order valence-corrected chi connectivity index (χ3v) is 2.54. The highest BCUT2D eigenvalue weighted by Gasteiger charge is 2.19. The van der Waals surface area contributed by atoms with Crippen LogP contribution in [-0.4, -0.2) is 48.9 Å². The monoisotopic (exact) mass is 262 g/mol. The minimum Gasteiger partial charge on any atom is -0.394 e. The molecule has 0 aliphatic rings. The maximum absolute atomic E-state index is 11.1. The van der Waals surface area contributed by atoms with Crippen molar-refractivity contribution in [1.82, 2.24) is 0 Å². The van der Waals surface area contributed by atoms with Gasteiger partial charge in [-0.25, -0.2) is 4.57 Å². The highest BCUT2D eigenvalue weighted by molar-refractivity contribution is 7.47. The Hall–Kier alpha value is 0.320. The molecular formula is C7H16ClO6P. The minimum absolute atomic E-state index is 0.0609. The number of phosphoric ester groups is 1. The lowest BCUT2D eigenvalue weighted by Crippen LogP contribution is -2.07. The first kappa shape index (κ1) is 15.3. The van der Waals surface area contributed by atoms with Crippen LogP contribution in [0.1, 0.15) is 6.42 Å². The van der Waals surface area contributed by atoms with Gasteiger partial charge >= 0.3 is 7.82 Å². The van der Waals surface area contributed by atoms with Gasteiger partial charge in [0.15, 0.2) is 0 Å². The number of ether oxygens (including phenoxy) is 1. The molecule has 0 rings (SSSR count). The molecule has 8 heteroatoms. The van der Waals surface area contributed by atoms with E-state index in [-0.39, 0.29) is 33.0 Å². The Bertz CT molecular complexity index is 190. The normalized spacial score (nSPS) is 15.1. The molecule has 0 spiro atoms. The summed E-state index contributed by atoms with van der Waals surface area (Å²) in [6, 6.07) is 0. The van der Waals surface area contributed by atoms with Crippen LogP contribution in [0.15, 0.2) is 0 Å². The molecular weight excluding hydrogens is 246 g/mol. The van der Waals surface area contributed by atoms with E-state index in [1.165, 1.54) is 0 Å². The van der Waals surface area contributed by atoms with Gasteiger partial charge in [0.2, 0.25) is 0 Å². The van der Waals surface area contributed by atoms with Crippen LogP contribution >= 0.6 is 19.4 Å². The number of hydrogen-bond acceptors (Lipinski definition) is 5. The summed E-state index contributed by atoms with van der Waals surface area (Å²) in [5.41, 5.74) is 0. The number of rotatable bonds is 10. The molecule has 0 heterocycles. The van der Waals surface area contributed by atoms with Crippen molar-refractivity contribution in [2.24, 2.45) is 0 Å². The Labute approximate surface area is 93.7 Å². The Morgan fingerprint density at radius 3 is 2.40 bits per heavy atom. The van der Waals surface area contributed by atoms with E-state index in [2.05, 4.69) is 9.05 Å². The summed E-state index contributed by atoms with van der Waals surface area (Å²) in [6.45, 7) is 0.225. The lowest BCUT2D eigenvalue weighted by Gasteiger charge is -2.11. The van der Waals surface area contributed by atoms with E-state index >= 15 is 0 Å². The van der Waals surface area contributed by atoms with E-state index in [9.17, 15) is 4.57 Å². The molecule has 2 N–H and O–H groups in total. The highest BCUT2D eigenvalue weighted by atomic mass is 35.5. The standard InChI is InChI=1S/C7H16ClO6P/c8-2-1-4-13-15(10,11)14-7-6-12-5-3-9/h9H,1-7H2,(H,10,11). The van der Waals surface area contributed by atoms with Crippen molar-refractivity contribution in [1.29, 1.82) is 0 Å². The van der Waals surface area contributed by atoms with Gasteiger partial charge in [0, 0.05) is 5.88 Å². The predicted molar refractivity (Wildman–Crippen MR) is 55.0 cm³/mol.